The van der Waals surface area contributed by atoms with E-state index in [1.54, 1.807) is 7.11 Å². The molecule has 1 amide bonds. The Balaban J connectivity index is 2.31. The van der Waals surface area contributed by atoms with E-state index in [1.807, 2.05) is 6.92 Å². The molecule has 1 fully saturated rings. The molecule has 1 aliphatic heterocycles. The zero-order valence-corrected chi connectivity index (χ0v) is 10.1. The predicted octanol–water partition coefficient (Wildman–Crippen LogP) is 0.160. The van der Waals surface area contributed by atoms with Gasteiger partial charge >= 0.3 is 5.97 Å². The third-order valence-electron chi connectivity index (χ3n) is 2.73. The van der Waals surface area contributed by atoms with Gasteiger partial charge in [-0.1, -0.05) is 0 Å². The lowest BCUT2D eigenvalue weighted by Crippen LogP contribution is -2.41. The van der Waals surface area contributed by atoms with Crippen LogP contribution in [-0.4, -0.2) is 48.9 Å². The zero-order chi connectivity index (χ0) is 12.8. The van der Waals surface area contributed by atoms with E-state index in [4.69, 9.17) is 14.6 Å². The van der Waals surface area contributed by atoms with Crippen molar-refractivity contribution in [2.24, 2.45) is 0 Å². The van der Waals surface area contributed by atoms with Crippen LogP contribution < -0.4 is 5.32 Å². The Hall–Kier alpha value is -1.14. The highest BCUT2D eigenvalue weighted by atomic mass is 16.5. The summed E-state index contributed by atoms with van der Waals surface area (Å²) in [5.41, 5.74) is 0. The van der Waals surface area contributed by atoms with E-state index >= 15 is 0 Å². The molecule has 3 unspecified atom stereocenters. The first-order valence-electron chi connectivity index (χ1n) is 5.72. The van der Waals surface area contributed by atoms with Gasteiger partial charge in [0.05, 0.1) is 0 Å². The Morgan fingerprint density at radius 1 is 1.47 bits per heavy atom. The van der Waals surface area contributed by atoms with Crippen molar-refractivity contribution in [3.63, 3.8) is 0 Å². The minimum Gasteiger partial charge on any atom is -0.479 e. The molecule has 98 valence electrons. The van der Waals surface area contributed by atoms with Crippen molar-refractivity contribution in [3.8, 4) is 0 Å². The molecule has 6 nitrogen and oxygen atoms in total. The first-order valence-corrected chi connectivity index (χ1v) is 5.72. The second kappa shape index (κ2) is 6.56. The van der Waals surface area contributed by atoms with Crippen LogP contribution in [0.3, 0.4) is 0 Å². The Kier molecular flexibility index (Phi) is 5.37. The number of carboxylic acid groups (broad SMARTS) is 1. The van der Waals surface area contributed by atoms with Crippen molar-refractivity contribution in [2.45, 2.75) is 44.4 Å². The minimum atomic E-state index is -1.01. The molecule has 6 heteroatoms. The number of hydrogen-bond donors (Lipinski definition) is 2. The number of carboxylic acids is 1. The summed E-state index contributed by atoms with van der Waals surface area (Å²) in [6.07, 6.45) is 0.0814. The number of ether oxygens (including phenoxy) is 2. The number of nitrogens with one attached hydrogen (secondary N) is 1. The lowest BCUT2D eigenvalue weighted by atomic mass is 10.1. The number of methoxy groups -OCH3 is 1. The van der Waals surface area contributed by atoms with E-state index in [0.29, 0.717) is 19.4 Å². The number of amides is 1. The van der Waals surface area contributed by atoms with Crippen molar-refractivity contribution in [1.29, 1.82) is 0 Å². The molecular weight excluding hydrogens is 226 g/mol. The van der Waals surface area contributed by atoms with Gasteiger partial charge in [0.1, 0.15) is 6.10 Å². The van der Waals surface area contributed by atoms with Gasteiger partial charge < -0.3 is 19.9 Å². The summed E-state index contributed by atoms with van der Waals surface area (Å²) in [6, 6.07) is -0.00470. The fourth-order valence-corrected chi connectivity index (χ4v) is 1.71. The van der Waals surface area contributed by atoms with Crippen LogP contribution in [-0.2, 0) is 19.1 Å². The van der Waals surface area contributed by atoms with Crippen LogP contribution in [0, 0.1) is 0 Å². The van der Waals surface area contributed by atoms with Crippen molar-refractivity contribution in [1.82, 2.24) is 5.32 Å². The normalized spacial score (nSPS) is 25.5. The minimum absolute atomic E-state index is 0.00470. The van der Waals surface area contributed by atoms with Crippen LogP contribution in [0.4, 0.5) is 0 Å². The van der Waals surface area contributed by atoms with E-state index in [2.05, 4.69) is 5.32 Å². The number of carbonyl (C=O) groups excluding carboxylic acids is 1. The fourth-order valence-electron chi connectivity index (χ4n) is 1.71. The van der Waals surface area contributed by atoms with E-state index in [9.17, 15) is 9.59 Å². The topological polar surface area (TPSA) is 84.9 Å². The lowest BCUT2D eigenvalue weighted by molar-refractivity contribution is -0.151. The molecule has 0 aromatic carbocycles. The van der Waals surface area contributed by atoms with Gasteiger partial charge in [-0.05, 0) is 26.2 Å². The van der Waals surface area contributed by atoms with Crippen LogP contribution in [0.5, 0.6) is 0 Å². The average molecular weight is 245 g/mol. The molecular formula is C11H19NO5. The molecule has 0 spiro atoms. The average Bonchev–Trinajstić information content (AvgIpc) is 2.75. The summed E-state index contributed by atoms with van der Waals surface area (Å²) < 4.78 is 10.1. The second-order valence-corrected chi connectivity index (χ2v) is 4.22. The molecule has 17 heavy (non-hydrogen) atoms. The molecule has 0 bridgehead atoms. The molecule has 1 heterocycles. The SMILES string of the molecule is COCCC(C)NC(=O)C1CCC(C(=O)O)O1. The molecule has 0 aromatic heterocycles. The standard InChI is InChI=1S/C11H19NO5/c1-7(5-6-16-2)12-10(13)8-3-4-9(17-8)11(14)15/h7-9H,3-6H2,1-2H3,(H,12,13)(H,14,15). The summed E-state index contributed by atoms with van der Waals surface area (Å²) in [5.74, 6) is -1.25. The molecule has 0 aromatic rings. The lowest BCUT2D eigenvalue weighted by Gasteiger charge is -2.16. The molecule has 0 saturated carbocycles. The number of hydrogen-bond acceptors (Lipinski definition) is 4. The molecule has 3 atom stereocenters. The smallest absolute Gasteiger partial charge is 0.332 e. The maximum Gasteiger partial charge on any atom is 0.332 e. The molecule has 1 rings (SSSR count). The molecule has 0 aliphatic carbocycles. The van der Waals surface area contributed by atoms with Gasteiger partial charge in [0.25, 0.3) is 0 Å². The number of carbonyl (C=O) groups is 2. The maximum absolute atomic E-state index is 11.7. The summed E-state index contributed by atoms with van der Waals surface area (Å²) in [4.78, 5) is 22.4. The zero-order valence-electron chi connectivity index (χ0n) is 10.1. The highest BCUT2D eigenvalue weighted by Gasteiger charge is 2.34. The highest BCUT2D eigenvalue weighted by Crippen LogP contribution is 2.20. The first kappa shape index (κ1) is 13.9. The quantitative estimate of drug-likeness (QED) is 0.696. The Bertz CT molecular complexity index is 281. The van der Waals surface area contributed by atoms with E-state index in [0.717, 1.165) is 6.42 Å². The van der Waals surface area contributed by atoms with Crippen molar-refractivity contribution in [2.75, 3.05) is 13.7 Å². The fraction of sp³-hybridized carbons (Fsp3) is 0.818. The van der Waals surface area contributed by atoms with Crippen molar-refractivity contribution in [3.05, 3.63) is 0 Å². The van der Waals surface area contributed by atoms with E-state index in [-0.39, 0.29) is 11.9 Å². The Morgan fingerprint density at radius 2 is 2.12 bits per heavy atom. The van der Waals surface area contributed by atoms with Gasteiger partial charge in [0, 0.05) is 19.8 Å². The molecule has 1 saturated heterocycles. The number of rotatable bonds is 6. The van der Waals surface area contributed by atoms with Gasteiger partial charge in [-0.25, -0.2) is 4.79 Å². The second-order valence-electron chi connectivity index (χ2n) is 4.22. The monoisotopic (exact) mass is 245 g/mol. The van der Waals surface area contributed by atoms with Gasteiger partial charge in [-0.2, -0.15) is 0 Å². The Labute approximate surface area is 100 Å². The molecule has 2 N–H and O–H groups in total. The summed E-state index contributed by atoms with van der Waals surface area (Å²) in [5, 5.41) is 11.5. The highest BCUT2D eigenvalue weighted by molar-refractivity contribution is 5.82. The van der Waals surface area contributed by atoms with E-state index in [1.165, 1.54) is 0 Å². The van der Waals surface area contributed by atoms with Crippen molar-refractivity contribution >= 4 is 11.9 Å². The first-order chi connectivity index (χ1) is 8.04. The summed E-state index contributed by atoms with van der Waals surface area (Å²) in [7, 11) is 1.60. The third kappa shape index (κ3) is 4.32. The van der Waals surface area contributed by atoms with Crippen LogP contribution in [0.2, 0.25) is 0 Å². The predicted molar refractivity (Wildman–Crippen MR) is 59.6 cm³/mol. The van der Waals surface area contributed by atoms with Crippen LogP contribution in [0.25, 0.3) is 0 Å². The van der Waals surface area contributed by atoms with Gasteiger partial charge in [0.2, 0.25) is 5.91 Å². The summed E-state index contributed by atoms with van der Waals surface area (Å²) >= 11 is 0. The van der Waals surface area contributed by atoms with E-state index < -0.39 is 18.2 Å². The van der Waals surface area contributed by atoms with Crippen LogP contribution in [0.1, 0.15) is 26.2 Å². The largest absolute Gasteiger partial charge is 0.479 e. The Morgan fingerprint density at radius 3 is 2.65 bits per heavy atom. The van der Waals surface area contributed by atoms with Gasteiger partial charge in [-0.15, -0.1) is 0 Å². The molecule has 1 aliphatic rings. The van der Waals surface area contributed by atoms with Crippen LogP contribution in [0.15, 0.2) is 0 Å². The van der Waals surface area contributed by atoms with Gasteiger partial charge in [-0.3, -0.25) is 4.79 Å². The van der Waals surface area contributed by atoms with Crippen LogP contribution >= 0.6 is 0 Å². The molecule has 0 radical (unpaired) electrons. The maximum atomic E-state index is 11.7. The third-order valence-corrected chi connectivity index (χ3v) is 2.73. The number of aliphatic carboxylic acids is 1. The van der Waals surface area contributed by atoms with Gasteiger partial charge in [0.15, 0.2) is 6.10 Å². The van der Waals surface area contributed by atoms with Crippen molar-refractivity contribution < 1.29 is 24.2 Å². The summed E-state index contributed by atoms with van der Waals surface area (Å²) in [6.45, 7) is 2.45.